The number of methoxy groups -OCH3 is 2. The molecule has 0 N–H and O–H groups in total. The minimum absolute atomic E-state index is 0.205. The molecule has 1 fully saturated rings. The monoisotopic (exact) mass is 459 g/mol. The van der Waals surface area contributed by atoms with Gasteiger partial charge in [0.1, 0.15) is 17.3 Å². The standard InChI is InChI=1S/C23H26FN3O4S/c1-29-18-12-16(13-19(15-18)30-2)22(28)27(7-3-6-26-8-10-31-11-9-26)23-25-20-5-4-17(24)14-21(20)32-23/h4-5,12-15H,3,6-11H2,1-2H3. The van der Waals surface area contributed by atoms with Crippen molar-refractivity contribution in [3.05, 3.63) is 47.8 Å². The predicted octanol–water partition coefficient (Wildman–Crippen LogP) is 3.82. The lowest BCUT2D eigenvalue weighted by Gasteiger charge is -2.27. The van der Waals surface area contributed by atoms with E-state index in [1.54, 1.807) is 43.4 Å². The molecule has 7 nitrogen and oxygen atoms in total. The van der Waals surface area contributed by atoms with Crippen molar-refractivity contribution >= 4 is 32.6 Å². The number of aromatic nitrogens is 1. The third-order valence-electron chi connectivity index (χ3n) is 5.37. The van der Waals surface area contributed by atoms with E-state index in [0.29, 0.717) is 39.0 Å². The number of thiazole rings is 1. The first kappa shape index (κ1) is 22.4. The minimum Gasteiger partial charge on any atom is -0.497 e. The lowest BCUT2D eigenvalue weighted by Crippen LogP contribution is -2.39. The van der Waals surface area contributed by atoms with E-state index < -0.39 is 0 Å². The molecule has 1 aliphatic heterocycles. The summed E-state index contributed by atoms with van der Waals surface area (Å²) in [4.78, 5) is 22.2. The third kappa shape index (κ3) is 5.17. The Morgan fingerprint density at radius 1 is 1.16 bits per heavy atom. The number of rotatable bonds is 8. The Morgan fingerprint density at radius 2 is 1.88 bits per heavy atom. The zero-order valence-corrected chi connectivity index (χ0v) is 19.0. The first-order chi connectivity index (χ1) is 15.6. The van der Waals surface area contributed by atoms with Crippen LogP contribution in [-0.2, 0) is 4.74 Å². The van der Waals surface area contributed by atoms with Gasteiger partial charge in [0.05, 0.1) is 37.6 Å². The number of carbonyl (C=O) groups excluding carboxylic acids is 1. The molecule has 2 aromatic carbocycles. The quantitative estimate of drug-likeness (QED) is 0.510. The highest BCUT2D eigenvalue weighted by Crippen LogP contribution is 2.31. The summed E-state index contributed by atoms with van der Waals surface area (Å²) < 4.78 is 30.5. The van der Waals surface area contributed by atoms with Gasteiger partial charge in [0.25, 0.3) is 5.91 Å². The second-order valence-corrected chi connectivity index (χ2v) is 8.48. The molecule has 4 rings (SSSR count). The Labute approximate surface area is 190 Å². The van der Waals surface area contributed by atoms with Gasteiger partial charge in [-0.2, -0.15) is 0 Å². The number of nitrogens with zero attached hydrogens (tertiary/aromatic N) is 3. The Bertz CT molecular complexity index is 1060. The number of ether oxygens (including phenoxy) is 3. The van der Waals surface area contributed by atoms with Crippen molar-refractivity contribution in [3.8, 4) is 11.5 Å². The number of amides is 1. The Balaban J connectivity index is 1.62. The molecule has 0 unspecified atom stereocenters. The van der Waals surface area contributed by atoms with Gasteiger partial charge in [-0.15, -0.1) is 0 Å². The largest absolute Gasteiger partial charge is 0.497 e. The molecule has 32 heavy (non-hydrogen) atoms. The molecule has 1 aromatic heterocycles. The van der Waals surface area contributed by atoms with Crippen molar-refractivity contribution < 1.29 is 23.4 Å². The fraction of sp³-hybridized carbons (Fsp3) is 0.391. The minimum atomic E-state index is -0.324. The predicted molar refractivity (Wildman–Crippen MR) is 123 cm³/mol. The SMILES string of the molecule is COc1cc(OC)cc(C(=O)N(CCCN2CCOCC2)c2nc3ccc(F)cc3s2)c1. The molecule has 0 radical (unpaired) electrons. The van der Waals surface area contributed by atoms with Crippen molar-refractivity contribution in [2.24, 2.45) is 0 Å². The Kier molecular flexibility index (Phi) is 7.19. The fourth-order valence-electron chi connectivity index (χ4n) is 3.65. The molecule has 1 amide bonds. The molecule has 0 atom stereocenters. The highest BCUT2D eigenvalue weighted by molar-refractivity contribution is 7.22. The van der Waals surface area contributed by atoms with Crippen molar-refractivity contribution in [2.45, 2.75) is 6.42 Å². The lowest BCUT2D eigenvalue weighted by molar-refractivity contribution is 0.0376. The van der Waals surface area contributed by atoms with Crippen LogP contribution in [0.4, 0.5) is 9.52 Å². The second kappa shape index (κ2) is 10.2. The van der Waals surface area contributed by atoms with E-state index in [1.807, 2.05) is 0 Å². The average molecular weight is 460 g/mol. The second-order valence-electron chi connectivity index (χ2n) is 7.47. The molecule has 3 aromatic rings. The van der Waals surface area contributed by atoms with Gasteiger partial charge in [-0.05, 0) is 36.8 Å². The molecule has 9 heteroatoms. The average Bonchev–Trinajstić information content (AvgIpc) is 3.24. The van der Waals surface area contributed by atoms with Crippen LogP contribution >= 0.6 is 11.3 Å². The van der Waals surface area contributed by atoms with Crippen LogP contribution in [0.3, 0.4) is 0 Å². The van der Waals surface area contributed by atoms with Gasteiger partial charge in [-0.3, -0.25) is 14.6 Å². The number of morpholine rings is 1. The zero-order chi connectivity index (χ0) is 22.5. The number of hydrogen-bond donors (Lipinski definition) is 0. The summed E-state index contributed by atoms with van der Waals surface area (Å²) in [5.41, 5.74) is 1.11. The third-order valence-corrected chi connectivity index (χ3v) is 6.41. The molecule has 0 aliphatic carbocycles. The van der Waals surface area contributed by atoms with Gasteiger partial charge >= 0.3 is 0 Å². The summed E-state index contributed by atoms with van der Waals surface area (Å²) in [6.07, 6.45) is 0.775. The first-order valence-corrected chi connectivity index (χ1v) is 11.3. The van der Waals surface area contributed by atoms with Crippen molar-refractivity contribution in [1.29, 1.82) is 0 Å². The number of hydrogen-bond acceptors (Lipinski definition) is 7. The van der Waals surface area contributed by atoms with Crippen LogP contribution in [0.25, 0.3) is 10.2 Å². The van der Waals surface area contributed by atoms with Crippen LogP contribution in [0, 0.1) is 5.82 Å². The summed E-state index contributed by atoms with van der Waals surface area (Å²) in [6.45, 7) is 4.58. The van der Waals surface area contributed by atoms with Gasteiger partial charge < -0.3 is 14.2 Å². The van der Waals surface area contributed by atoms with Gasteiger partial charge in [0, 0.05) is 37.8 Å². The van der Waals surface area contributed by atoms with Crippen LogP contribution < -0.4 is 14.4 Å². The highest BCUT2D eigenvalue weighted by atomic mass is 32.1. The topological polar surface area (TPSA) is 64.1 Å². The smallest absolute Gasteiger partial charge is 0.260 e. The van der Waals surface area contributed by atoms with Crippen molar-refractivity contribution in [2.75, 3.05) is 58.5 Å². The molecule has 0 spiro atoms. The number of fused-ring (bicyclic) bond motifs is 1. The van der Waals surface area contributed by atoms with Crippen LogP contribution in [0.5, 0.6) is 11.5 Å². The first-order valence-electron chi connectivity index (χ1n) is 10.5. The van der Waals surface area contributed by atoms with E-state index >= 15 is 0 Å². The van der Waals surface area contributed by atoms with Gasteiger partial charge in [0.2, 0.25) is 0 Å². The molecule has 1 aliphatic rings. The van der Waals surface area contributed by atoms with E-state index in [4.69, 9.17) is 14.2 Å². The molecule has 170 valence electrons. The maximum Gasteiger partial charge on any atom is 0.260 e. The van der Waals surface area contributed by atoms with Crippen LogP contribution in [0.1, 0.15) is 16.8 Å². The summed E-state index contributed by atoms with van der Waals surface area (Å²) in [5, 5.41) is 0.541. The van der Waals surface area contributed by atoms with E-state index in [2.05, 4.69) is 9.88 Å². The van der Waals surface area contributed by atoms with E-state index in [-0.39, 0.29) is 11.7 Å². The van der Waals surface area contributed by atoms with E-state index in [9.17, 15) is 9.18 Å². The van der Waals surface area contributed by atoms with E-state index in [1.165, 1.54) is 23.5 Å². The van der Waals surface area contributed by atoms with E-state index in [0.717, 1.165) is 39.3 Å². The number of benzene rings is 2. The highest BCUT2D eigenvalue weighted by Gasteiger charge is 2.23. The summed E-state index contributed by atoms with van der Waals surface area (Å²) >= 11 is 1.31. The fourth-order valence-corrected chi connectivity index (χ4v) is 4.66. The van der Waals surface area contributed by atoms with Crippen LogP contribution in [0.15, 0.2) is 36.4 Å². The zero-order valence-electron chi connectivity index (χ0n) is 18.2. The number of carbonyl (C=O) groups is 1. The van der Waals surface area contributed by atoms with Crippen LogP contribution in [0.2, 0.25) is 0 Å². The van der Waals surface area contributed by atoms with Gasteiger partial charge in [-0.25, -0.2) is 9.37 Å². The van der Waals surface area contributed by atoms with Crippen LogP contribution in [-0.4, -0.2) is 69.4 Å². The Morgan fingerprint density at radius 3 is 2.56 bits per heavy atom. The summed E-state index contributed by atoms with van der Waals surface area (Å²) in [5.74, 6) is 0.541. The molecular weight excluding hydrogens is 433 g/mol. The maximum absolute atomic E-state index is 13.7. The summed E-state index contributed by atoms with van der Waals surface area (Å²) in [6, 6.07) is 9.56. The van der Waals surface area contributed by atoms with Crippen molar-refractivity contribution in [3.63, 3.8) is 0 Å². The van der Waals surface area contributed by atoms with Gasteiger partial charge in [-0.1, -0.05) is 11.3 Å². The maximum atomic E-state index is 13.7. The molecule has 1 saturated heterocycles. The molecular formula is C23H26FN3O4S. The van der Waals surface area contributed by atoms with Gasteiger partial charge in [0.15, 0.2) is 5.13 Å². The number of anilines is 1. The number of halogens is 1. The normalized spacial score (nSPS) is 14.5. The molecule has 0 bridgehead atoms. The Hall–Kier alpha value is -2.75. The molecule has 0 saturated carbocycles. The molecule has 2 heterocycles. The summed E-state index contributed by atoms with van der Waals surface area (Å²) in [7, 11) is 3.09. The van der Waals surface area contributed by atoms with Crippen molar-refractivity contribution in [1.82, 2.24) is 9.88 Å². The lowest BCUT2D eigenvalue weighted by atomic mass is 10.1.